The first-order chi connectivity index (χ1) is 14.2. The van der Waals surface area contributed by atoms with Gasteiger partial charge in [0.25, 0.3) is 0 Å². The molecule has 0 saturated carbocycles. The van der Waals surface area contributed by atoms with Gasteiger partial charge in [0.2, 0.25) is 0 Å². The van der Waals surface area contributed by atoms with Crippen LogP contribution in [0.25, 0.3) is 16.9 Å². The second kappa shape index (κ2) is 7.46. The van der Waals surface area contributed by atoms with Crippen LogP contribution in [0.5, 0.6) is 5.75 Å². The van der Waals surface area contributed by atoms with Crippen LogP contribution in [0.15, 0.2) is 18.3 Å². The second-order valence-electron chi connectivity index (χ2n) is 7.92. The molecule has 1 atom stereocenters. The zero-order valence-electron chi connectivity index (χ0n) is 16.6. The number of ether oxygens (including phenoxy) is 1. The summed E-state index contributed by atoms with van der Waals surface area (Å²) in [5, 5.41) is 5.56. The summed E-state index contributed by atoms with van der Waals surface area (Å²) in [4.78, 5) is 11.3. The second-order valence-corrected chi connectivity index (χ2v) is 8.31. The molecule has 8 heteroatoms. The third-order valence-corrected chi connectivity index (χ3v) is 6.15. The minimum absolute atomic E-state index is 0.452. The van der Waals surface area contributed by atoms with Gasteiger partial charge in [0.15, 0.2) is 17.2 Å². The summed E-state index contributed by atoms with van der Waals surface area (Å²) >= 11 is 6.16. The first-order valence-corrected chi connectivity index (χ1v) is 10.7. The fraction of sp³-hybridized carbons (Fsp3) is 0.476. The molecule has 2 N–H and O–H groups in total. The van der Waals surface area contributed by atoms with Crippen LogP contribution in [0.1, 0.15) is 30.5 Å². The number of piperidine rings is 1. The number of imidazole rings is 1. The molecule has 152 valence electrons. The molecular weight excluding hydrogens is 388 g/mol. The summed E-state index contributed by atoms with van der Waals surface area (Å²) in [6.07, 6.45) is 5.98. The number of nitrogens with zero attached hydrogens (tertiary/aromatic N) is 5. The highest BCUT2D eigenvalue weighted by atomic mass is 35.5. The fourth-order valence-corrected chi connectivity index (χ4v) is 4.71. The van der Waals surface area contributed by atoms with Crippen molar-refractivity contribution in [2.75, 3.05) is 31.1 Å². The van der Waals surface area contributed by atoms with Crippen LogP contribution in [-0.2, 0) is 6.42 Å². The Balaban J connectivity index is 1.72. The summed E-state index contributed by atoms with van der Waals surface area (Å²) in [6.45, 7) is 5.35. The summed E-state index contributed by atoms with van der Waals surface area (Å²) in [5.41, 5.74) is 10.7. The molecule has 5 heterocycles. The molecule has 1 fully saturated rings. The number of fused-ring (bicyclic) bond motifs is 3. The van der Waals surface area contributed by atoms with E-state index in [9.17, 15) is 0 Å². The molecule has 0 radical (unpaired) electrons. The van der Waals surface area contributed by atoms with Gasteiger partial charge in [-0.05, 0) is 57.2 Å². The van der Waals surface area contributed by atoms with E-state index in [4.69, 9.17) is 32.2 Å². The standard InChI is InChI=1S/C21H25ClN6O/c1-13-18(15-6-7-24-17(22)10-15)28-21(25-13)19-16(5-3-9-29-19)20(26-28)27-8-2-4-14(11-23)12-27/h6-7,10,14H,2-5,8-9,11-12,23H2,1H3/t14-/m0/s1. The molecule has 0 bridgehead atoms. The van der Waals surface area contributed by atoms with Crippen molar-refractivity contribution < 1.29 is 4.74 Å². The normalized spacial score (nSPS) is 19.3. The lowest BCUT2D eigenvalue weighted by molar-refractivity contribution is 0.288. The lowest BCUT2D eigenvalue weighted by Crippen LogP contribution is -2.40. The fourth-order valence-electron chi connectivity index (χ4n) is 4.54. The Morgan fingerprint density at radius 1 is 1.34 bits per heavy atom. The van der Waals surface area contributed by atoms with Crippen molar-refractivity contribution in [3.05, 3.63) is 34.7 Å². The maximum Gasteiger partial charge on any atom is 0.197 e. The zero-order valence-corrected chi connectivity index (χ0v) is 17.3. The number of aryl methyl sites for hydroxylation is 1. The van der Waals surface area contributed by atoms with Crippen molar-refractivity contribution in [3.63, 3.8) is 0 Å². The van der Waals surface area contributed by atoms with E-state index in [0.29, 0.717) is 24.2 Å². The van der Waals surface area contributed by atoms with E-state index in [2.05, 4.69) is 9.88 Å². The van der Waals surface area contributed by atoms with Gasteiger partial charge in [0, 0.05) is 30.4 Å². The average molecular weight is 413 g/mol. The van der Waals surface area contributed by atoms with Crippen LogP contribution < -0.4 is 15.4 Å². The molecule has 2 aliphatic heterocycles. The molecule has 3 aromatic heterocycles. The van der Waals surface area contributed by atoms with Gasteiger partial charge in [0.05, 0.1) is 18.0 Å². The lowest BCUT2D eigenvalue weighted by atomic mass is 9.97. The largest absolute Gasteiger partial charge is 0.489 e. The van der Waals surface area contributed by atoms with Gasteiger partial charge >= 0.3 is 0 Å². The van der Waals surface area contributed by atoms with E-state index >= 15 is 0 Å². The van der Waals surface area contributed by atoms with Crippen molar-refractivity contribution in [3.8, 4) is 17.0 Å². The number of pyridine rings is 1. The van der Waals surface area contributed by atoms with Gasteiger partial charge in [-0.15, -0.1) is 5.10 Å². The Kier molecular flexibility index (Phi) is 4.80. The monoisotopic (exact) mass is 412 g/mol. The molecular formula is C21H25ClN6O. The van der Waals surface area contributed by atoms with Crippen molar-refractivity contribution in [1.82, 2.24) is 19.6 Å². The highest BCUT2D eigenvalue weighted by Crippen LogP contribution is 2.39. The van der Waals surface area contributed by atoms with Crippen LogP contribution in [-0.4, -0.2) is 45.8 Å². The Labute approximate surface area is 174 Å². The van der Waals surface area contributed by atoms with Crippen LogP contribution >= 0.6 is 11.6 Å². The van der Waals surface area contributed by atoms with Crippen LogP contribution in [0.4, 0.5) is 5.82 Å². The van der Waals surface area contributed by atoms with Crippen LogP contribution in [0.2, 0.25) is 5.15 Å². The first kappa shape index (κ1) is 18.6. The molecule has 2 aliphatic rings. The number of anilines is 1. The van der Waals surface area contributed by atoms with Gasteiger partial charge in [-0.25, -0.2) is 14.5 Å². The van der Waals surface area contributed by atoms with E-state index < -0.39 is 0 Å². The number of rotatable bonds is 3. The van der Waals surface area contributed by atoms with E-state index in [0.717, 1.165) is 66.5 Å². The predicted octanol–water partition coefficient (Wildman–Crippen LogP) is 3.25. The third kappa shape index (κ3) is 3.22. The molecule has 0 unspecified atom stereocenters. The topological polar surface area (TPSA) is 81.6 Å². The van der Waals surface area contributed by atoms with Crippen LogP contribution in [0, 0.1) is 12.8 Å². The molecule has 5 rings (SSSR count). The van der Waals surface area contributed by atoms with Gasteiger partial charge in [-0.3, -0.25) is 0 Å². The Hall–Kier alpha value is -2.38. The summed E-state index contributed by atoms with van der Waals surface area (Å²) in [7, 11) is 0. The molecule has 0 spiro atoms. The Morgan fingerprint density at radius 3 is 3.07 bits per heavy atom. The summed E-state index contributed by atoms with van der Waals surface area (Å²) < 4.78 is 8.06. The van der Waals surface area contributed by atoms with Gasteiger partial charge in [0.1, 0.15) is 5.15 Å². The maximum absolute atomic E-state index is 6.16. The number of halogens is 1. The zero-order chi connectivity index (χ0) is 20.0. The van der Waals surface area contributed by atoms with Gasteiger partial charge in [-0.1, -0.05) is 11.6 Å². The quantitative estimate of drug-likeness (QED) is 0.665. The van der Waals surface area contributed by atoms with Crippen molar-refractivity contribution in [2.24, 2.45) is 11.7 Å². The van der Waals surface area contributed by atoms with Gasteiger partial charge < -0.3 is 15.4 Å². The van der Waals surface area contributed by atoms with Crippen molar-refractivity contribution in [2.45, 2.75) is 32.6 Å². The molecule has 3 aromatic rings. The third-order valence-electron chi connectivity index (χ3n) is 5.94. The minimum Gasteiger partial charge on any atom is -0.489 e. The number of nitrogens with two attached hydrogens (primary N) is 1. The SMILES string of the molecule is Cc1nc2c3c(c(N4CCC[C@@H](CN)C4)nn2c1-c1ccnc(Cl)c1)CCCO3. The number of hydrogen-bond acceptors (Lipinski definition) is 6. The highest BCUT2D eigenvalue weighted by molar-refractivity contribution is 6.29. The summed E-state index contributed by atoms with van der Waals surface area (Å²) in [6, 6.07) is 3.79. The molecule has 29 heavy (non-hydrogen) atoms. The van der Waals surface area contributed by atoms with Crippen LogP contribution in [0.3, 0.4) is 0 Å². The smallest absolute Gasteiger partial charge is 0.197 e. The lowest BCUT2D eigenvalue weighted by Gasteiger charge is -2.35. The molecule has 0 aromatic carbocycles. The maximum atomic E-state index is 6.16. The Bertz CT molecular complexity index is 1060. The van der Waals surface area contributed by atoms with Crippen molar-refractivity contribution in [1.29, 1.82) is 0 Å². The molecule has 0 amide bonds. The average Bonchev–Trinajstić information content (AvgIpc) is 3.09. The number of hydrogen-bond donors (Lipinski definition) is 1. The van der Waals surface area contributed by atoms with Gasteiger partial charge in [-0.2, -0.15) is 0 Å². The summed E-state index contributed by atoms with van der Waals surface area (Å²) in [5.74, 6) is 2.37. The Morgan fingerprint density at radius 2 is 2.24 bits per heavy atom. The van der Waals surface area contributed by atoms with E-state index in [1.54, 1.807) is 6.20 Å². The molecule has 0 aliphatic carbocycles. The first-order valence-electron chi connectivity index (χ1n) is 10.3. The van der Waals surface area contributed by atoms with E-state index in [1.807, 2.05) is 23.6 Å². The highest BCUT2D eigenvalue weighted by Gasteiger charge is 2.29. The van der Waals surface area contributed by atoms with Crippen molar-refractivity contribution >= 4 is 23.1 Å². The predicted molar refractivity (Wildman–Crippen MR) is 114 cm³/mol. The molecule has 1 saturated heterocycles. The van der Waals surface area contributed by atoms with E-state index in [1.165, 1.54) is 12.0 Å². The van der Waals surface area contributed by atoms with E-state index in [-0.39, 0.29) is 0 Å². The molecule has 7 nitrogen and oxygen atoms in total. The number of aromatic nitrogens is 4. The minimum atomic E-state index is 0.452.